The topological polar surface area (TPSA) is 95.9 Å². The Kier molecular flexibility index (Phi) is 72.3. The maximum Gasteiger partial charge on any atom is 0.305 e. The molecule has 0 fully saturated rings. The largest absolute Gasteiger partial charge is 0.466 e. The van der Waals surface area contributed by atoms with Crippen molar-refractivity contribution in [1.29, 1.82) is 0 Å². The second-order valence-electron chi connectivity index (χ2n) is 26.7. The summed E-state index contributed by atoms with van der Waals surface area (Å²) in [5.41, 5.74) is 0. The first kappa shape index (κ1) is 82.3. The molecule has 6 nitrogen and oxygen atoms in total. The summed E-state index contributed by atoms with van der Waals surface area (Å²) in [5, 5.41) is 23.4. The van der Waals surface area contributed by atoms with E-state index in [0.29, 0.717) is 25.9 Å². The number of amides is 1. The number of hydrogen-bond acceptors (Lipinski definition) is 5. The average Bonchev–Trinajstić information content (AvgIpc) is 3.51. The number of carbonyl (C=O) groups excluding carboxylic acids is 2. The van der Waals surface area contributed by atoms with Gasteiger partial charge in [-0.3, -0.25) is 9.59 Å². The van der Waals surface area contributed by atoms with Crippen molar-refractivity contribution in [3.8, 4) is 0 Å². The molecule has 2 unspecified atom stereocenters. The molecule has 2 atom stereocenters. The fourth-order valence-electron chi connectivity index (χ4n) is 12.3. The number of nitrogens with one attached hydrogen (secondary N) is 1. The summed E-state index contributed by atoms with van der Waals surface area (Å²) in [7, 11) is 0. The minimum Gasteiger partial charge on any atom is -0.466 e. The van der Waals surface area contributed by atoms with Crippen molar-refractivity contribution in [2.75, 3.05) is 13.2 Å². The molecule has 0 aromatic heterocycles. The molecule has 0 saturated heterocycles. The fourth-order valence-corrected chi connectivity index (χ4v) is 12.3. The van der Waals surface area contributed by atoms with Gasteiger partial charge in [0.15, 0.2) is 0 Å². The van der Waals surface area contributed by atoms with E-state index >= 15 is 0 Å². The number of allylic oxidation sites excluding steroid dienone is 4. The maximum atomic E-state index is 12.6. The van der Waals surface area contributed by atoms with Crippen LogP contribution in [0.5, 0.6) is 0 Å². The van der Waals surface area contributed by atoms with Crippen LogP contribution in [0.2, 0.25) is 0 Å². The van der Waals surface area contributed by atoms with Gasteiger partial charge in [0.2, 0.25) is 5.91 Å². The van der Waals surface area contributed by atoms with E-state index in [-0.39, 0.29) is 18.5 Å². The number of aliphatic hydroxyl groups excluding tert-OH is 2. The van der Waals surface area contributed by atoms with Crippen LogP contribution in [0, 0.1) is 0 Å². The van der Waals surface area contributed by atoms with Gasteiger partial charge in [0.25, 0.3) is 0 Å². The van der Waals surface area contributed by atoms with Gasteiger partial charge < -0.3 is 20.3 Å². The number of unbranched alkanes of at least 4 members (excludes halogenated alkanes) is 58. The van der Waals surface area contributed by atoms with Gasteiger partial charge in [0, 0.05) is 12.8 Å². The molecule has 498 valence electrons. The third-order valence-corrected chi connectivity index (χ3v) is 18.2. The van der Waals surface area contributed by atoms with Crippen LogP contribution < -0.4 is 5.32 Å². The molecule has 84 heavy (non-hydrogen) atoms. The van der Waals surface area contributed by atoms with Crippen LogP contribution in [-0.4, -0.2) is 47.4 Å². The molecule has 0 aliphatic carbocycles. The van der Waals surface area contributed by atoms with E-state index in [1.54, 1.807) is 0 Å². The zero-order chi connectivity index (χ0) is 60.6. The van der Waals surface area contributed by atoms with E-state index in [2.05, 4.69) is 43.5 Å². The first-order valence-corrected chi connectivity index (χ1v) is 38.6. The van der Waals surface area contributed by atoms with Gasteiger partial charge >= 0.3 is 5.97 Å². The molecule has 0 aromatic carbocycles. The molecule has 0 rings (SSSR count). The molecule has 0 bridgehead atoms. The lowest BCUT2D eigenvalue weighted by atomic mass is 10.0. The van der Waals surface area contributed by atoms with E-state index in [1.165, 1.54) is 360 Å². The van der Waals surface area contributed by atoms with Crippen LogP contribution in [0.25, 0.3) is 0 Å². The van der Waals surface area contributed by atoms with Crippen molar-refractivity contribution in [2.45, 2.75) is 450 Å². The van der Waals surface area contributed by atoms with Crippen molar-refractivity contribution in [3.05, 3.63) is 24.3 Å². The third-order valence-electron chi connectivity index (χ3n) is 18.2. The number of rotatable bonds is 73. The standard InChI is InChI=1S/C78H151NO5/c1-3-5-7-9-11-13-15-17-19-20-21-36-39-43-46-50-54-58-62-66-70-76(81)75(74-80)79-77(82)71-67-63-59-55-51-47-44-40-37-34-32-30-28-26-24-22-23-25-27-29-31-33-35-38-41-45-49-53-57-61-65-69-73-84-78(83)72-68-64-60-56-52-48-42-18-16-14-12-10-8-6-4-2/h18,25,27,42,75-76,80-81H,3-17,19-24,26,28-41,43-74H2,1-2H3,(H,79,82)/b27-25-,42-18-. The van der Waals surface area contributed by atoms with Gasteiger partial charge in [0.05, 0.1) is 25.4 Å². The Bertz CT molecular complexity index is 1320. The molecule has 0 spiro atoms. The molecule has 0 heterocycles. The Morgan fingerprint density at radius 3 is 0.845 bits per heavy atom. The highest BCUT2D eigenvalue weighted by molar-refractivity contribution is 5.76. The van der Waals surface area contributed by atoms with Gasteiger partial charge in [-0.05, 0) is 77.0 Å². The molecule has 0 radical (unpaired) electrons. The van der Waals surface area contributed by atoms with Crippen LogP contribution in [0.1, 0.15) is 438 Å². The highest BCUT2D eigenvalue weighted by Gasteiger charge is 2.20. The zero-order valence-corrected chi connectivity index (χ0v) is 57.2. The first-order valence-electron chi connectivity index (χ1n) is 38.6. The Hall–Kier alpha value is -1.66. The van der Waals surface area contributed by atoms with Gasteiger partial charge in [0.1, 0.15) is 0 Å². The van der Waals surface area contributed by atoms with Crippen molar-refractivity contribution < 1.29 is 24.5 Å². The molecular weight excluding hydrogens is 1030 g/mol. The summed E-state index contributed by atoms with van der Waals surface area (Å²) < 4.78 is 5.49. The van der Waals surface area contributed by atoms with Crippen molar-refractivity contribution in [1.82, 2.24) is 5.32 Å². The van der Waals surface area contributed by atoms with Crippen molar-refractivity contribution in [2.24, 2.45) is 0 Å². The predicted molar refractivity (Wildman–Crippen MR) is 370 cm³/mol. The second kappa shape index (κ2) is 73.8. The summed E-state index contributed by atoms with van der Waals surface area (Å²) >= 11 is 0. The lowest BCUT2D eigenvalue weighted by Gasteiger charge is -2.22. The fraction of sp³-hybridized carbons (Fsp3) is 0.923. The molecule has 6 heteroatoms. The minimum absolute atomic E-state index is 0.0112. The van der Waals surface area contributed by atoms with Gasteiger partial charge in [-0.1, -0.05) is 372 Å². The molecule has 3 N–H and O–H groups in total. The highest BCUT2D eigenvalue weighted by atomic mass is 16.5. The van der Waals surface area contributed by atoms with E-state index in [9.17, 15) is 19.8 Å². The van der Waals surface area contributed by atoms with Crippen LogP contribution in [0.4, 0.5) is 0 Å². The van der Waals surface area contributed by atoms with E-state index in [4.69, 9.17) is 4.74 Å². The molecule has 0 saturated carbocycles. The number of ether oxygens (including phenoxy) is 1. The Morgan fingerprint density at radius 1 is 0.321 bits per heavy atom. The normalized spacial score (nSPS) is 12.6. The number of aliphatic hydroxyl groups is 2. The number of carbonyl (C=O) groups is 2. The van der Waals surface area contributed by atoms with E-state index < -0.39 is 12.1 Å². The lowest BCUT2D eigenvalue weighted by Crippen LogP contribution is -2.45. The summed E-state index contributed by atoms with van der Waals surface area (Å²) in [6.45, 7) is 4.99. The predicted octanol–water partition coefficient (Wildman–Crippen LogP) is 25.3. The summed E-state index contributed by atoms with van der Waals surface area (Å²) in [4.78, 5) is 24.6. The Labute approximate surface area is 526 Å². The second-order valence-corrected chi connectivity index (χ2v) is 26.7. The smallest absolute Gasteiger partial charge is 0.305 e. The van der Waals surface area contributed by atoms with Gasteiger partial charge in [-0.25, -0.2) is 0 Å². The molecule has 0 aromatic rings. The first-order chi connectivity index (χ1) is 41.5. The molecule has 0 aliphatic heterocycles. The molecule has 0 aliphatic rings. The van der Waals surface area contributed by atoms with E-state index in [0.717, 1.165) is 44.9 Å². The number of esters is 1. The third kappa shape index (κ3) is 69.4. The van der Waals surface area contributed by atoms with Crippen molar-refractivity contribution >= 4 is 11.9 Å². The quantitative estimate of drug-likeness (QED) is 0.0320. The zero-order valence-electron chi connectivity index (χ0n) is 57.2. The SMILES string of the molecule is CCCCCCCC/C=C\CCCCCCCC(=O)OCCCCCCCCCCCCCC/C=C\CCCCCCCCCCCCCCCCCCC(=O)NC(CO)C(O)CCCCCCCCCCCCCCCCCCCCCC. The van der Waals surface area contributed by atoms with Crippen LogP contribution in [-0.2, 0) is 14.3 Å². The number of hydrogen-bond donors (Lipinski definition) is 3. The van der Waals surface area contributed by atoms with Crippen molar-refractivity contribution in [3.63, 3.8) is 0 Å². The van der Waals surface area contributed by atoms with Crippen LogP contribution >= 0.6 is 0 Å². The average molecular weight is 1180 g/mol. The maximum absolute atomic E-state index is 12.6. The van der Waals surface area contributed by atoms with Gasteiger partial charge in [-0.2, -0.15) is 0 Å². The van der Waals surface area contributed by atoms with Gasteiger partial charge in [-0.15, -0.1) is 0 Å². The van der Waals surface area contributed by atoms with E-state index in [1.807, 2.05) is 0 Å². The van der Waals surface area contributed by atoms with Crippen LogP contribution in [0.15, 0.2) is 24.3 Å². The monoisotopic (exact) mass is 1180 g/mol. The molecule has 1 amide bonds. The highest BCUT2D eigenvalue weighted by Crippen LogP contribution is 2.20. The lowest BCUT2D eigenvalue weighted by molar-refractivity contribution is -0.143. The Balaban J connectivity index is 3.35. The summed E-state index contributed by atoms with van der Waals surface area (Å²) in [5.74, 6) is -0.0163. The summed E-state index contributed by atoms with van der Waals surface area (Å²) in [6.07, 6.45) is 94.0. The van der Waals surface area contributed by atoms with Crippen LogP contribution in [0.3, 0.4) is 0 Å². The minimum atomic E-state index is -0.663. The Morgan fingerprint density at radius 2 is 0.560 bits per heavy atom. The summed E-state index contributed by atoms with van der Waals surface area (Å²) in [6, 6.07) is -0.540. The molecular formula is C78H151NO5.